The number of pyridine rings is 1. The quantitative estimate of drug-likeness (QED) is 0.807. The summed E-state index contributed by atoms with van der Waals surface area (Å²) in [5.41, 5.74) is -0.0623. The Hall–Kier alpha value is -3.33. The Morgan fingerprint density at radius 3 is 2.71 bits per heavy atom. The van der Waals surface area contributed by atoms with Crippen LogP contribution in [0.2, 0.25) is 0 Å². The average Bonchev–Trinajstić information content (AvgIpc) is 3.16. The smallest absolute Gasteiger partial charge is 0.255 e. The molecule has 162 valence electrons. The van der Waals surface area contributed by atoms with Crippen LogP contribution in [0.25, 0.3) is 0 Å². The average molecular weight is 426 g/mol. The zero-order chi connectivity index (χ0) is 22.0. The molecule has 2 aliphatic rings. The molecule has 8 nitrogen and oxygen atoms in total. The summed E-state index contributed by atoms with van der Waals surface area (Å²) >= 11 is 0. The number of morpholine rings is 1. The van der Waals surface area contributed by atoms with Gasteiger partial charge in [-0.1, -0.05) is 6.07 Å². The largest absolute Gasteiger partial charge is 0.356 e. The van der Waals surface area contributed by atoms with Crippen LogP contribution >= 0.6 is 0 Å². The highest BCUT2D eigenvalue weighted by Gasteiger charge is 2.49. The van der Waals surface area contributed by atoms with E-state index in [0.717, 1.165) is 0 Å². The number of likely N-dealkylation sites (tertiary alicyclic amines) is 1. The molecule has 0 saturated carbocycles. The van der Waals surface area contributed by atoms with E-state index in [2.05, 4.69) is 10.3 Å². The third-order valence-corrected chi connectivity index (χ3v) is 5.60. The Balaban J connectivity index is 1.50. The van der Waals surface area contributed by atoms with Crippen molar-refractivity contribution in [3.8, 4) is 0 Å². The third-order valence-electron chi connectivity index (χ3n) is 5.60. The maximum Gasteiger partial charge on any atom is 0.255 e. The van der Waals surface area contributed by atoms with Crippen molar-refractivity contribution in [2.45, 2.75) is 25.0 Å². The molecule has 2 aromatic rings. The topological polar surface area (TPSA) is 91.8 Å². The van der Waals surface area contributed by atoms with Crippen LogP contribution in [0.5, 0.6) is 0 Å². The van der Waals surface area contributed by atoms with Crippen LogP contribution in [0, 0.1) is 5.82 Å². The minimum Gasteiger partial charge on any atom is -0.356 e. The molecule has 0 aliphatic carbocycles. The fourth-order valence-electron chi connectivity index (χ4n) is 4.07. The van der Waals surface area contributed by atoms with Crippen LogP contribution in [0.15, 0.2) is 48.8 Å². The van der Waals surface area contributed by atoms with E-state index in [1.54, 1.807) is 34.2 Å². The molecule has 1 spiro atoms. The van der Waals surface area contributed by atoms with E-state index in [1.165, 1.54) is 31.3 Å². The second kappa shape index (κ2) is 8.43. The predicted octanol–water partition coefficient (Wildman–Crippen LogP) is 1.69. The van der Waals surface area contributed by atoms with Crippen molar-refractivity contribution in [2.75, 3.05) is 31.5 Å². The second-order valence-corrected chi connectivity index (χ2v) is 7.91. The van der Waals surface area contributed by atoms with Gasteiger partial charge in [0.2, 0.25) is 5.91 Å². The molecule has 1 aromatic carbocycles. The van der Waals surface area contributed by atoms with Gasteiger partial charge in [-0.15, -0.1) is 0 Å². The lowest BCUT2D eigenvalue weighted by Crippen LogP contribution is -2.60. The van der Waals surface area contributed by atoms with Gasteiger partial charge in [0, 0.05) is 31.5 Å². The van der Waals surface area contributed by atoms with Gasteiger partial charge in [0.25, 0.3) is 11.8 Å². The van der Waals surface area contributed by atoms with Gasteiger partial charge < -0.3 is 19.9 Å². The number of rotatable bonds is 3. The summed E-state index contributed by atoms with van der Waals surface area (Å²) in [4.78, 5) is 45.0. The van der Waals surface area contributed by atoms with Crippen molar-refractivity contribution in [3.63, 3.8) is 0 Å². The zero-order valence-electron chi connectivity index (χ0n) is 17.1. The highest BCUT2D eigenvalue weighted by atomic mass is 19.1. The lowest BCUT2D eigenvalue weighted by atomic mass is 9.98. The van der Waals surface area contributed by atoms with E-state index >= 15 is 0 Å². The van der Waals surface area contributed by atoms with Crippen molar-refractivity contribution in [1.29, 1.82) is 0 Å². The number of carbonyl (C=O) groups is 3. The molecule has 9 heteroatoms. The number of amides is 3. The molecular weight excluding hydrogens is 403 g/mol. The molecule has 31 heavy (non-hydrogen) atoms. The lowest BCUT2D eigenvalue weighted by molar-refractivity contribution is -0.171. The summed E-state index contributed by atoms with van der Waals surface area (Å²) in [6.45, 7) is 2.53. The summed E-state index contributed by atoms with van der Waals surface area (Å²) in [5.74, 6) is -1.28. The van der Waals surface area contributed by atoms with Gasteiger partial charge in [0.15, 0.2) is 6.10 Å². The van der Waals surface area contributed by atoms with Gasteiger partial charge >= 0.3 is 0 Å². The van der Waals surface area contributed by atoms with Crippen molar-refractivity contribution in [2.24, 2.45) is 0 Å². The molecular formula is C22H23FN4O4. The Morgan fingerprint density at radius 2 is 2.00 bits per heavy atom. The summed E-state index contributed by atoms with van der Waals surface area (Å²) in [7, 11) is 0. The number of anilines is 1. The first-order valence-corrected chi connectivity index (χ1v) is 10.0. The van der Waals surface area contributed by atoms with Crippen molar-refractivity contribution in [3.05, 3.63) is 60.2 Å². The number of hydrogen-bond acceptors (Lipinski definition) is 5. The summed E-state index contributed by atoms with van der Waals surface area (Å²) in [5, 5.41) is 2.65. The first-order chi connectivity index (χ1) is 14.8. The molecule has 1 aromatic heterocycles. The van der Waals surface area contributed by atoms with E-state index in [9.17, 15) is 18.8 Å². The molecule has 2 fully saturated rings. The Labute approximate surface area is 179 Å². The van der Waals surface area contributed by atoms with E-state index in [0.29, 0.717) is 30.8 Å². The van der Waals surface area contributed by atoms with E-state index in [-0.39, 0.29) is 24.9 Å². The SMILES string of the molecule is CC(=O)N1C[C@H](C(=O)Nc2cccc(F)c2)O[C@]2(CCN(C(=O)c3cccnc3)C2)C1. The van der Waals surface area contributed by atoms with Crippen LogP contribution < -0.4 is 5.32 Å². The number of nitrogens with one attached hydrogen (secondary N) is 1. The van der Waals surface area contributed by atoms with Gasteiger partial charge in [-0.2, -0.15) is 0 Å². The third kappa shape index (κ3) is 4.56. The molecule has 2 aliphatic heterocycles. The Bertz CT molecular complexity index is 1000. The Kier molecular flexibility index (Phi) is 5.69. The Morgan fingerprint density at radius 1 is 1.19 bits per heavy atom. The van der Waals surface area contributed by atoms with Crippen LogP contribution in [-0.2, 0) is 14.3 Å². The lowest BCUT2D eigenvalue weighted by Gasteiger charge is -2.43. The first kappa shape index (κ1) is 20.9. The predicted molar refractivity (Wildman–Crippen MR) is 110 cm³/mol. The molecule has 0 bridgehead atoms. The molecule has 3 amide bonds. The number of nitrogens with zero attached hydrogens (tertiary/aromatic N) is 3. The van der Waals surface area contributed by atoms with Crippen LogP contribution in [0.1, 0.15) is 23.7 Å². The molecule has 1 N–H and O–H groups in total. The van der Waals surface area contributed by atoms with Crippen molar-refractivity contribution >= 4 is 23.4 Å². The number of benzene rings is 1. The normalized spacial score (nSPS) is 23.1. The van der Waals surface area contributed by atoms with Crippen LogP contribution in [-0.4, -0.2) is 70.4 Å². The van der Waals surface area contributed by atoms with Crippen LogP contribution in [0.4, 0.5) is 10.1 Å². The monoisotopic (exact) mass is 426 g/mol. The molecule has 2 atom stereocenters. The molecule has 0 unspecified atom stereocenters. The van der Waals surface area contributed by atoms with Gasteiger partial charge in [-0.3, -0.25) is 19.4 Å². The van der Waals surface area contributed by atoms with Crippen molar-refractivity contribution in [1.82, 2.24) is 14.8 Å². The minimum atomic E-state index is -0.936. The van der Waals surface area contributed by atoms with Crippen molar-refractivity contribution < 1.29 is 23.5 Å². The minimum absolute atomic E-state index is 0.0920. The summed E-state index contributed by atoms with van der Waals surface area (Å²) in [6, 6.07) is 8.95. The molecule has 3 heterocycles. The molecule has 4 rings (SSSR count). The fraction of sp³-hybridized carbons (Fsp3) is 0.364. The maximum atomic E-state index is 13.4. The van der Waals surface area contributed by atoms with Gasteiger partial charge in [0.05, 0.1) is 25.2 Å². The summed E-state index contributed by atoms with van der Waals surface area (Å²) in [6.07, 6.45) is 2.66. The highest BCUT2D eigenvalue weighted by Crippen LogP contribution is 2.33. The number of carbonyl (C=O) groups excluding carboxylic acids is 3. The van der Waals surface area contributed by atoms with E-state index < -0.39 is 23.4 Å². The standard InChI is InChI=1S/C22H23FN4O4/c1-15(28)27-12-19(20(29)25-18-6-2-5-17(23)10-18)31-22(14-27)7-9-26(13-22)21(30)16-4-3-8-24-11-16/h2-6,8,10-11,19H,7,9,12-14H2,1H3,(H,25,29)/t19-,22+/m1/s1. The number of hydrogen-bond donors (Lipinski definition) is 1. The molecule has 0 radical (unpaired) electrons. The van der Waals surface area contributed by atoms with Crippen LogP contribution in [0.3, 0.4) is 0 Å². The zero-order valence-corrected chi connectivity index (χ0v) is 17.1. The van der Waals surface area contributed by atoms with Gasteiger partial charge in [-0.05, 0) is 36.8 Å². The second-order valence-electron chi connectivity index (χ2n) is 7.91. The van der Waals surface area contributed by atoms with Gasteiger partial charge in [0.1, 0.15) is 11.4 Å². The fourth-order valence-corrected chi connectivity index (χ4v) is 4.07. The summed E-state index contributed by atoms with van der Waals surface area (Å²) < 4.78 is 19.6. The highest BCUT2D eigenvalue weighted by molar-refractivity contribution is 5.95. The number of aromatic nitrogens is 1. The first-order valence-electron chi connectivity index (χ1n) is 10.0. The maximum absolute atomic E-state index is 13.4. The van der Waals surface area contributed by atoms with E-state index in [1.807, 2.05) is 0 Å². The van der Waals surface area contributed by atoms with E-state index in [4.69, 9.17) is 4.74 Å². The number of ether oxygens (including phenoxy) is 1. The molecule has 2 saturated heterocycles. The number of halogens is 1. The van der Waals surface area contributed by atoms with Gasteiger partial charge in [-0.25, -0.2) is 4.39 Å².